The quantitative estimate of drug-likeness (QED) is 0.757. The van der Waals surface area contributed by atoms with Gasteiger partial charge in [-0.1, -0.05) is 13.0 Å². The van der Waals surface area contributed by atoms with Gasteiger partial charge in [0.15, 0.2) is 5.58 Å². The molecule has 6 heteroatoms. The number of nitrogens with one attached hydrogen (secondary N) is 2. The third-order valence-corrected chi connectivity index (χ3v) is 3.29. The largest absolute Gasteiger partial charge is 0.469 e. The fourth-order valence-electron chi connectivity index (χ4n) is 2.25. The maximum atomic E-state index is 11.5. The van der Waals surface area contributed by atoms with Gasteiger partial charge in [-0.2, -0.15) is 0 Å². The third kappa shape index (κ3) is 4.19. The molecule has 2 N–H and O–H groups in total. The van der Waals surface area contributed by atoms with Crippen molar-refractivity contribution in [2.75, 3.05) is 13.7 Å². The molecule has 21 heavy (non-hydrogen) atoms. The fourth-order valence-corrected chi connectivity index (χ4v) is 2.25. The number of hydrogen-bond acceptors (Lipinski definition) is 5. The van der Waals surface area contributed by atoms with Gasteiger partial charge in [-0.15, -0.1) is 0 Å². The summed E-state index contributed by atoms with van der Waals surface area (Å²) in [7, 11) is 1.39. The standard InChI is InChI=1S/C15H20N2O4/c1-3-6-16-11(9-14(18)20-2)7-10-4-5-12-13(8-10)21-15(19)17-12/h4-5,8,11,16H,3,6-7,9H2,1-2H3,(H,17,19). The van der Waals surface area contributed by atoms with Crippen LogP contribution in [-0.2, 0) is 16.0 Å². The smallest absolute Gasteiger partial charge is 0.417 e. The van der Waals surface area contributed by atoms with Crippen molar-refractivity contribution in [3.8, 4) is 0 Å². The Hall–Kier alpha value is -2.08. The zero-order chi connectivity index (χ0) is 15.2. The highest BCUT2D eigenvalue weighted by atomic mass is 16.5. The second kappa shape index (κ2) is 7.08. The van der Waals surface area contributed by atoms with Crippen molar-refractivity contribution >= 4 is 17.1 Å². The van der Waals surface area contributed by atoms with Crippen molar-refractivity contribution in [1.82, 2.24) is 10.3 Å². The van der Waals surface area contributed by atoms with Gasteiger partial charge in [-0.25, -0.2) is 4.79 Å². The molecule has 0 aliphatic heterocycles. The molecular weight excluding hydrogens is 272 g/mol. The summed E-state index contributed by atoms with van der Waals surface area (Å²) in [5.41, 5.74) is 2.21. The van der Waals surface area contributed by atoms with Gasteiger partial charge in [0.25, 0.3) is 0 Å². The molecule has 6 nitrogen and oxygen atoms in total. The number of aromatic nitrogens is 1. The highest BCUT2D eigenvalue weighted by molar-refractivity contribution is 5.73. The number of hydrogen-bond donors (Lipinski definition) is 2. The van der Waals surface area contributed by atoms with E-state index in [0.29, 0.717) is 23.9 Å². The molecule has 1 unspecified atom stereocenters. The number of benzene rings is 1. The lowest BCUT2D eigenvalue weighted by molar-refractivity contribution is -0.141. The maximum absolute atomic E-state index is 11.5. The highest BCUT2D eigenvalue weighted by Gasteiger charge is 2.15. The average Bonchev–Trinajstić information content (AvgIpc) is 2.83. The first-order valence-electron chi connectivity index (χ1n) is 7.04. The SMILES string of the molecule is CCCNC(CC(=O)OC)Cc1ccc2[nH]c(=O)oc2c1. The summed E-state index contributed by atoms with van der Waals surface area (Å²) in [4.78, 5) is 25.2. The molecule has 0 fully saturated rings. The van der Waals surface area contributed by atoms with Crippen LogP contribution in [0.3, 0.4) is 0 Å². The van der Waals surface area contributed by atoms with Crippen LogP contribution in [0, 0.1) is 0 Å². The summed E-state index contributed by atoms with van der Waals surface area (Å²) in [5.74, 6) is -0.699. The molecule has 0 bridgehead atoms. The van der Waals surface area contributed by atoms with E-state index in [1.165, 1.54) is 7.11 Å². The van der Waals surface area contributed by atoms with Crippen molar-refractivity contribution in [2.45, 2.75) is 32.2 Å². The predicted octanol–water partition coefficient (Wildman–Crippen LogP) is 1.59. The van der Waals surface area contributed by atoms with Crippen LogP contribution in [0.1, 0.15) is 25.3 Å². The van der Waals surface area contributed by atoms with Gasteiger partial charge in [0.1, 0.15) is 0 Å². The van der Waals surface area contributed by atoms with E-state index in [1.54, 1.807) is 0 Å². The van der Waals surface area contributed by atoms with Gasteiger partial charge in [0.2, 0.25) is 0 Å². The van der Waals surface area contributed by atoms with Crippen molar-refractivity contribution in [3.63, 3.8) is 0 Å². The van der Waals surface area contributed by atoms with E-state index in [0.717, 1.165) is 18.5 Å². The number of rotatable bonds is 7. The minimum absolute atomic E-state index is 0.000476. The molecule has 2 aromatic rings. The molecule has 0 saturated carbocycles. The molecule has 114 valence electrons. The molecule has 1 heterocycles. The van der Waals surface area contributed by atoms with Gasteiger partial charge in [0.05, 0.1) is 19.0 Å². The topological polar surface area (TPSA) is 84.3 Å². The summed E-state index contributed by atoms with van der Waals surface area (Å²) in [6.07, 6.45) is 1.97. The molecule has 2 rings (SSSR count). The first-order valence-corrected chi connectivity index (χ1v) is 7.04. The van der Waals surface area contributed by atoms with Crippen molar-refractivity contribution in [2.24, 2.45) is 0 Å². The van der Waals surface area contributed by atoms with E-state index in [4.69, 9.17) is 9.15 Å². The summed E-state index contributed by atoms with van der Waals surface area (Å²) < 4.78 is 9.78. The van der Waals surface area contributed by atoms with Crippen molar-refractivity contribution in [3.05, 3.63) is 34.3 Å². The van der Waals surface area contributed by atoms with Crippen LogP contribution in [0.5, 0.6) is 0 Å². The van der Waals surface area contributed by atoms with E-state index in [2.05, 4.69) is 17.2 Å². The zero-order valence-corrected chi connectivity index (χ0v) is 12.3. The number of carbonyl (C=O) groups excluding carboxylic acids is 1. The summed E-state index contributed by atoms with van der Waals surface area (Å²) in [6.45, 7) is 2.91. The van der Waals surface area contributed by atoms with Gasteiger partial charge in [-0.05, 0) is 37.1 Å². The molecule has 1 aromatic heterocycles. The molecule has 1 atom stereocenters. The molecule has 0 aliphatic rings. The Morgan fingerprint density at radius 2 is 2.29 bits per heavy atom. The minimum Gasteiger partial charge on any atom is -0.469 e. The Labute approximate surface area is 122 Å². The Kier molecular flexibility index (Phi) is 5.16. The van der Waals surface area contributed by atoms with E-state index in [-0.39, 0.29) is 12.0 Å². The lowest BCUT2D eigenvalue weighted by Crippen LogP contribution is -2.34. The monoisotopic (exact) mass is 292 g/mol. The van der Waals surface area contributed by atoms with Crippen LogP contribution in [0.25, 0.3) is 11.1 Å². The van der Waals surface area contributed by atoms with Gasteiger partial charge in [0, 0.05) is 6.04 Å². The van der Waals surface area contributed by atoms with Crippen LogP contribution < -0.4 is 11.1 Å². The number of aromatic amines is 1. The predicted molar refractivity (Wildman–Crippen MR) is 79.3 cm³/mol. The minimum atomic E-state index is -0.461. The molecule has 0 saturated heterocycles. The Balaban J connectivity index is 2.12. The third-order valence-electron chi connectivity index (χ3n) is 3.29. The van der Waals surface area contributed by atoms with E-state index < -0.39 is 5.76 Å². The van der Waals surface area contributed by atoms with Crippen molar-refractivity contribution in [1.29, 1.82) is 0 Å². The zero-order valence-electron chi connectivity index (χ0n) is 12.3. The van der Waals surface area contributed by atoms with Gasteiger partial charge < -0.3 is 14.5 Å². The maximum Gasteiger partial charge on any atom is 0.417 e. The molecule has 1 aromatic carbocycles. The van der Waals surface area contributed by atoms with Crippen LogP contribution in [-0.4, -0.2) is 30.6 Å². The summed E-state index contributed by atoms with van der Waals surface area (Å²) >= 11 is 0. The molecule has 0 aliphatic carbocycles. The van der Waals surface area contributed by atoms with E-state index in [1.807, 2.05) is 18.2 Å². The molecule has 0 radical (unpaired) electrons. The number of esters is 1. The number of H-pyrrole nitrogens is 1. The lowest BCUT2D eigenvalue weighted by Gasteiger charge is -2.17. The van der Waals surface area contributed by atoms with Crippen LogP contribution in [0.4, 0.5) is 0 Å². The Morgan fingerprint density at radius 1 is 1.48 bits per heavy atom. The summed E-state index contributed by atoms with van der Waals surface area (Å²) in [5, 5.41) is 3.34. The number of fused-ring (bicyclic) bond motifs is 1. The molecule has 0 amide bonds. The number of oxazole rings is 1. The van der Waals surface area contributed by atoms with Crippen molar-refractivity contribution < 1.29 is 13.9 Å². The number of ether oxygens (including phenoxy) is 1. The second-order valence-electron chi connectivity index (χ2n) is 4.98. The normalized spacial score (nSPS) is 12.5. The number of methoxy groups -OCH3 is 1. The Morgan fingerprint density at radius 3 is 3.00 bits per heavy atom. The average molecular weight is 292 g/mol. The molecular formula is C15H20N2O4. The summed E-state index contributed by atoms with van der Waals surface area (Å²) in [6, 6.07) is 5.56. The van der Waals surface area contributed by atoms with Gasteiger partial charge >= 0.3 is 11.7 Å². The highest BCUT2D eigenvalue weighted by Crippen LogP contribution is 2.15. The van der Waals surface area contributed by atoms with Gasteiger partial charge in [-0.3, -0.25) is 9.78 Å². The van der Waals surface area contributed by atoms with E-state index >= 15 is 0 Å². The Bertz CT molecular complexity index is 659. The fraction of sp³-hybridized carbons (Fsp3) is 0.467. The van der Waals surface area contributed by atoms with Crippen LogP contribution in [0.15, 0.2) is 27.4 Å². The second-order valence-corrected chi connectivity index (χ2v) is 4.98. The van der Waals surface area contributed by atoms with Crippen LogP contribution in [0.2, 0.25) is 0 Å². The lowest BCUT2D eigenvalue weighted by atomic mass is 10.0. The molecule has 0 spiro atoms. The first kappa shape index (κ1) is 15.3. The number of carbonyl (C=O) groups is 1. The van der Waals surface area contributed by atoms with Crippen LogP contribution >= 0.6 is 0 Å². The first-order chi connectivity index (χ1) is 10.1. The van der Waals surface area contributed by atoms with E-state index in [9.17, 15) is 9.59 Å².